The van der Waals surface area contributed by atoms with Crippen LogP contribution in [0.2, 0.25) is 0 Å². The van der Waals surface area contributed by atoms with Crippen molar-refractivity contribution in [3.63, 3.8) is 0 Å². The Bertz CT molecular complexity index is 1150. The van der Waals surface area contributed by atoms with Gasteiger partial charge in [0, 0.05) is 24.4 Å². The number of hydrogen-bond donors (Lipinski definition) is 0. The molecule has 0 saturated heterocycles. The van der Waals surface area contributed by atoms with Crippen LogP contribution in [0, 0.1) is 5.41 Å². The first-order valence-electron chi connectivity index (χ1n) is 13.9. The summed E-state index contributed by atoms with van der Waals surface area (Å²) in [4.78, 5) is 14.4. The number of alkyl halides is 7. The van der Waals surface area contributed by atoms with E-state index in [-0.39, 0.29) is 11.7 Å². The van der Waals surface area contributed by atoms with Gasteiger partial charge in [-0.3, -0.25) is 9.78 Å². The molecule has 43 heavy (non-hydrogen) atoms. The predicted molar refractivity (Wildman–Crippen MR) is 156 cm³/mol. The van der Waals surface area contributed by atoms with E-state index in [2.05, 4.69) is 11.6 Å². The fourth-order valence-electron chi connectivity index (χ4n) is 4.49. The van der Waals surface area contributed by atoms with Gasteiger partial charge in [-0.2, -0.15) is 26.3 Å². The number of hydrogen-bond acceptors (Lipinski definition) is 2. The number of carbonyl (C=O) groups excluding carboxylic acids is 1. The first-order valence-corrected chi connectivity index (χ1v) is 13.9. The number of Topliss-reactive ketones (excluding diaryl/α,β-unsaturated/α-hetero) is 1. The number of nitrogens with zero attached hydrogens (tertiary/aromatic N) is 1. The Hall–Kier alpha value is -3.30. The summed E-state index contributed by atoms with van der Waals surface area (Å²) in [5.74, 6) is -0.566. The molecular weight excluding hydrogens is 578 g/mol. The minimum atomic E-state index is -6.15. The molecule has 2 nitrogen and oxygen atoms in total. The molecule has 0 fully saturated rings. The Balaban J connectivity index is 0.00000122. The van der Waals surface area contributed by atoms with E-state index in [9.17, 15) is 39.9 Å². The molecule has 2 rings (SSSR count). The average Bonchev–Trinajstić information content (AvgIpc) is 2.94. The van der Waals surface area contributed by atoms with Crippen LogP contribution in [0.3, 0.4) is 0 Å². The first-order chi connectivity index (χ1) is 20.0. The van der Waals surface area contributed by atoms with Gasteiger partial charge < -0.3 is 0 Å². The third kappa shape index (κ3) is 11.4. The van der Waals surface area contributed by atoms with Gasteiger partial charge in [0.25, 0.3) is 0 Å². The van der Waals surface area contributed by atoms with Crippen molar-refractivity contribution in [2.75, 3.05) is 0 Å². The van der Waals surface area contributed by atoms with Crippen LogP contribution in [0.4, 0.5) is 35.1 Å². The number of pyridine rings is 1. The number of halogens is 8. The van der Waals surface area contributed by atoms with Crippen molar-refractivity contribution in [2.45, 2.75) is 91.2 Å². The molecule has 10 heteroatoms. The number of ketones is 1. The van der Waals surface area contributed by atoms with E-state index in [1.165, 1.54) is 18.2 Å². The molecule has 0 aliphatic carbocycles. The SMILES string of the molecule is C=C/C=C(F)\C=C/C[C@@](C)(CC)[C@@H](CC)c1ccc(C(F)(C(F)(F)F)C(F)(F)F)cc1.CC.CC(=O)Cc1ccncc1. The maximum atomic E-state index is 14.3. The number of rotatable bonds is 11. The summed E-state index contributed by atoms with van der Waals surface area (Å²) in [6.07, 6.45) is -1.47. The van der Waals surface area contributed by atoms with E-state index in [0.717, 1.165) is 17.7 Å². The standard InChI is InChI=1S/C23H26F8.C8H9NO.C2H6/c1-5-9-18(24)10-8-15-20(4,7-3)19(6-2)16-11-13-17(14-12-16)21(25,22(26,27)28)23(29,30)31;1-7(10)6-8-2-4-9-5-3-8;1-2/h5,8-14,19H,1,6-7,15H2,2-4H3;2-5H,6H2,1H3;1-2H3/b10-8-,18-9+;;/t19-,20+;;/m0../s1. The highest BCUT2D eigenvalue weighted by Gasteiger charge is 2.73. The minimum absolute atomic E-state index is 0.186. The van der Waals surface area contributed by atoms with Gasteiger partial charge in [0.15, 0.2) is 0 Å². The highest BCUT2D eigenvalue weighted by atomic mass is 19.4. The Morgan fingerprint density at radius 2 is 1.44 bits per heavy atom. The summed E-state index contributed by atoms with van der Waals surface area (Å²) < 4.78 is 106. The van der Waals surface area contributed by atoms with E-state index < -0.39 is 34.8 Å². The lowest BCUT2D eigenvalue weighted by Gasteiger charge is -2.37. The Labute approximate surface area is 249 Å². The van der Waals surface area contributed by atoms with Crippen LogP contribution < -0.4 is 0 Å². The fraction of sp³-hybridized carbons (Fsp3) is 0.455. The molecule has 2 aromatic rings. The molecule has 1 aromatic carbocycles. The predicted octanol–water partition coefficient (Wildman–Crippen LogP) is 11.1. The molecule has 0 saturated carbocycles. The summed E-state index contributed by atoms with van der Waals surface area (Å²) in [6.45, 7) is 14.6. The second kappa shape index (κ2) is 17.7. The lowest BCUT2D eigenvalue weighted by molar-refractivity contribution is -0.348. The van der Waals surface area contributed by atoms with E-state index in [4.69, 9.17) is 0 Å². The molecule has 1 heterocycles. The van der Waals surface area contributed by atoms with Gasteiger partial charge in [-0.05, 0) is 72.9 Å². The van der Waals surface area contributed by atoms with Gasteiger partial charge >= 0.3 is 18.0 Å². The Morgan fingerprint density at radius 3 is 1.84 bits per heavy atom. The van der Waals surface area contributed by atoms with Crippen molar-refractivity contribution in [1.29, 1.82) is 0 Å². The summed E-state index contributed by atoms with van der Waals surface area (Å²) in [6, 6.07) is 6.98. The number of carbonyl (C=O) groups is 1. The van der Waals surface area contributed by atoms with Crippen molar-refractivity contribution in [3.05, 3.63) is 102 Å². The van der Waals surface area contributed by atoms with Gasteiger partial charge in [-0.15, -0.1) is 0 Å². The Morgan fingerprint density at radius 1 is 0.930 bits per heavy atom. The normalized spacial score (nSPS) is 14.5. The van der Waals surface area contributed by atoms with Crippen molar-refractivity contribution in [2.24, 2.45) is 5.41 Å². The molecule has 0 amide bonds. The highest BCUT2D eigenvalue weighted by molar-refractivity contribution is 5.78. The van der Waals surface area contributed by atoms with Crippen LogP contribution in [0.1, 0.15) is 83.4 Å². The second-order valence-corrected chi connectivity index (χ2v) is 9.87. The van der Waals surface area contributed by atoms with E-state index in [1.807, 2.05) is 46.8 Å². The van der Waals surface area contributed by atoms with Gasteiger partial charge in [0.1, 0.15) is 11.6 Å². The molecule has 240 valence electrons. The minimum Gasteiger partial charge on any atom is -0.300 e. The van der Waals surface area contributed by atoms with Crippen LogP contribution in [0.5, 0.6) is 0 Å². The third-order valence-corrected chi connectivity index (χ3v) is 6.89. The van der Waals surface area contributed by atoms with E-state index in [1.54, 1.807) is 25.4 Å². The van der Waals surface area contributed by atoms with Crippen LogP contribution in [0.15, 0.2) is 85.5 Å². The van der Waals surface area contributed by atoms with Crippen molar-refractivity contribution >= 4 is 5.78 Å². The smallest absolute Gasteiger partial charge is 0.300 e. The van der Waals surface area contributed by atoms with Crippen molar-refractivity contribution < 1.29 is 39.9 Å². The molecule has 0 bridgehead atoms. The molecule has 0 N–H and O–H groups in total. The molecular formula is C33H41F8NO. The van der Waals surface area contributed by atoms with Gasteiger partial charge in [-0.1, -0.05) is 77.6 Å². The van der Waals surface area contributed by atoms with Crippen LogP contribution >= 0.6 is 0 Å². The highest BCUT2D eigenvalue weighted by Crippen LogP contribution is 2.53. The molecule has 0 aliphatic rings. The maximum Gasteiger partial charge on any atom is 0.435 e. The fourth-order valence-corrected chi connectivity index (χ4v) is 4.49. The lowest BCUT2D eigenvalue weighted by Crippen LogP contribution is -2.50. The van der Waals surface area contributed by atoms with Gasteiger partial charge in [0.2, 0.25) is 0 Å². The summed E-state index contributed by atoms with van der Waals surface area (Å²) in [7, 11) is 0. The summed E-state index contributed by atoms with van der Waals surface area (Å²) in [5, 5.41) is 0. The zero-order valence-electron chi connectivity index (χ0n) is 25.4. The Kier molecular flexibility index (Phi) is 16.4. The van der Waals surface area contributed by atoms with Gasteiger partial charge in [-0.25, -0.2) is 8.78 Å². The quantitative estimate of drug-likeness (QED) is 0.185. The first kappa shape index (κ1) is 39.7. The molecule has 2 atom stereocenters. The van der Waals surface area contributed by atoms with Crippen molar-refractivity contribution in [1.82, 2.24) is 4.98 Å². The zero-order chi connectivity index (χ0) is 33.5. The second-order valence-electron chi connectivity index (χ2n) is 9.87. The van der Waals surface area contributed by atoms with E-state index >= 15 is 0 Å². The topological polar surface area (TPSA) is 30.0 Å². The number of benzene rings is 1. The molecule has 1 aromatic heterocycles. The average molecular weight is 620 g/mol. The van der Waals surface area contributed by atoms with Crippen LogP contribution in [-0.4, -0.2) is 23.1 Å². The van der Waals surface area contributed by atoms with Crippen molar-refractivity contribution in [3.8, 4) is 0 Å². The van der Waals surface area contributed by atoms with E-state index in [0.29, 0.717) is 43.4 Å². The third-order valence-electron chi connectivity index (χ3n) is 6.89. The lowest BCUT2D eigenvalue weighted by atomic mass is 9.68. The van der Waals surface area contributed by atoms with Crippen LogP contribution in [-0.2, 0) is 16.9 Å². The molecule has 0 aliphatic heterocycles. The number of allylic oxidation sites excluding steroid dienone is 5. The summed E-state index contributed by atoms with van der Waals surface area (Å²) in [5.41, 5.74) is -5.91. The molecule has 0 spiro atoms. The zero-order valence-corrected chi connectivity index (χ0v) is 25.4. The van der Waals surface area contributed by atoms with Crippen LogP contribution in [0.25, 0.3) is 0 Å². The molecule has 0 unspecified atom stereocenters. The maximum absolute atomic E-state index is 14.3. The summed E-state index contributed by atoms with van der Waals surface area (Å²) >= 11 is 0. The monoisotopic (exact) mass is 619 g/mol. The number of aromatic nitrogens is 1. The molecule has 0 radical (unpaired) electrons. The largest absolute Gasteiger partial charge is 0.435 e. The van der Waals surface area contributed by atoms with Gasteiger partial charge in [0.05, 0.1) is 0 Å².